The summed E-state index contributed by atoms with van der Waals surface area (Å²) >= 11 is 0. The molecule has 0 spiro atoms. The SMILES string of the molecule is CCCC(C)C(=O)N1CCNCC1C(=O)N(C)C. The van der Waals surface area contributed by atoms with Crippen LogP contribution in [0.2, 0.25) is 0 Å². The second-order valence-electron chi connectivity index (χ2n) is 5.17. The van der Waals surface area contributed by atoms with Gasteiger partial charge in [-0.15, -0.1) is 0 Å². The summed E-state index contributed by atoms with van der Waals surface area (Å²) in [5.74, 6) is 0.114. The van der Waals surface area contributed by atoms with Gasteiger partial charge in [-0.2, -0.15) is 0 Å². The van der Waals surface area contributed by atoms with E-state index in [0.717, 1.165) is 19.4 Å². The summed E-state index contributed by atoms with van der Waals surface area (Å²) in [5, 5.41) is 3.19. The molecule has 1 saturated heterocycles. The summed E-state index contributed by atoms with van der Waals surface area (Å²) in [6.45, 7) is 5.97. The van der Waals surface area contributed by atoms with Gasteiger partial charge in [-0.25, -0.2) is 0 Å². The molecule has 2 amide bonds. The molecule has 18 heavy (non-hydrogen) atoms. The normalized spacial score (nSPS) is 21.6. The van der Waals surface area contributed by atoms with Gasteiger partial charge in [-0.05, 0) is 6.42 Å². The van der Waals surface area contributed by atoms with Gasteiger partial charge in [0.2, 0.25) is 11.8 Å². The fourth-order valence-electron chi connectivity index (χ4n) is 2.33. The summed E-state index contributed by atoms with van der Waals surface area (Å²) in [6.07, 6.45) is 1.87. The number of nitrogens with zero attached hydrogens (tertiary/aromatic N) is 2. The first-order valence-corrected chi connectivity index (χ1v) is 6.71. The van der Waals surface area contributed by atoms with Crippen LogP contribution in [0.4, 0.5) is 0 Å². The zero-order chi connectivity index (χ0) is 13.7. The van der Waals surface area contributed by atoms with Crippen molar-refractivity contribution in [3.63, 3.8) is 0 Å². The van der Waals surface area contributed by atoms with E-state index in [0.29, 0.717) is 13.1 Å². The molecular formula is C13H25N3O2. The standard InChI is InChI=1S/C13H25N3O2/c1-5-6-10(2)12(17)16-8-7-14-9-11(16)13(18)15(3)4/h10-11,14H,5-9H2,1-4H3. The van der Waals surface area contributed by atoms with Gasteiger partial charge in [0, 0.05) is 39.6 Å². The van der Waals surface area contributed by atoms with Gasteiger partial charge < -0.3 is 15.1 Å². The van der Waals surface area contributed by atoms with E-state index in [1.54, 1.807) is 23.9 Å². The Labute approximate surface area is 110 Å². The molecule has 0 aromatic heterocycles. The summed E-state index contributed by atoms with van der Waals surface area (Å²) in [6, 6.07) is -0.347. The monoisotopic (exact) mass is 255 g/mol. The molecule has 0 aliphatic carbocycles. The number of likely N-dealkylation sites (N-methyl/N-ethyl adjacent to an activating group) is 1. The predicted octanol–water partition coefficient (Wildman–Crippen LogP) is 0.311. The predicted molar refractivity (Wildman–Crippen MR) is 71.1 cm³/mol. The zero-order valence-corrected chi connectivity index (χ0v) is 11.9. The van der Waals surface area contributed by atoms with Crippen molar-refractivity contribution in [3.05, 3.63) is 0 Å². The highest BCUT2D eigenvalue weighted by atomic mass is 16.2. The number of hydrogen-bond donors (Lipinski definition) is 1. The van der Waals surface area contributed by atoms with E-state index in [1.165, 1.54) is 0 Å². The van der Waals surface area contributed by atoms with Crippen molar-refractivity contribution >= 4 is 11.8 Å². The maximum absolute atomic E-state index is 12.4. The molecule has 0 aromatic rings. The highest BCUT2D eigenvalue weighted by Gasteiger charge is 2.34. The van der Waals surface area contributed by atoms with Crippen LogP contribution in [0, 0.1) is 5.92 Å². The number of hydrogen-bond acceptors (Lipinski definition) is 3. The largest absolute Gasteiger partial charge is 0.347 e. The van der Waals surface area contributed by atoms with Gasteiger partial charge in [0.05, 0.1) is 0 Å². The van der Waals surface area contributed by atoms with Crippen LogP contribution in [0.25, 0.3) is 0 Å². The van der Waals surface area contributed by atoms with E-state index >= 15 is 0 Å². The summed E-state index contributed by atoms with van der Waals surface area (Å²) in [5.41, 5.74) is 0. The number of rotatable bonds is 4. The maximum atomic E-state index is 12.4. The molecule has 5 nitrogen and oxygen atoms in total. The van der Waals surface area contributed by atoms with Crippen molar-refractivity contribution in [2.75, 3.05) is 33.7 Å². The molecule has 104 valence electrons. The van der Waals surface area contributed by atoms with Crippen LogP contribution in [0.1, 0.15) is 26.7 Å². The lowest BCUT2D eigenvalue weighted by Gasteiger charge is -2.37. The first kappa shape index (κ1) is 15.0. The molecule has 1 aliphatic heterocycles. The molecule has 0 saturated carbocycles. The first-order chi connectivity index (χ1) is 8.49. The van der Waals surface area contributed by atoms with Crippen LogP contribution < -0.4 is 5.32 Å². The van der Waals surface area contributed by atoms with Crippen LogP contribution in [0.3, 0.4) is 0 Å². The van der Waals surface area contributed by atoms with E-state index in [2.05, 4.69) is 12.2 Å². The van der Waals surface area contributed by atoms with Crippen molar-refractivity contribution in [2.24, 2.45) is 5.92 Å². The van der Waals surface area contributed by atoms with Crippen molar-refractivity contribution in [1.29, 1.82) is 0 Å². The first-order valence-electron chi connectivity index (χ1n) is 6.71. The number of carbonyl (C=O) groups excluding carboxylic acids is 2. The van der Waals surface area contributed by atoms with E-state index in [1.807, 2.05) is 6.92 Å². The van der Waals surface area contributed by atoms with E-state index in [4.69, 9.17) is 0 Å². The molecule has 1 fully saturated rings. The molecular weight excluding hydrogens is 230 g/mol. The van der Waals surface area contributed by atoms with Crippen molar-refractivity contribution in [3.8, 4) is 0 Å². The lowest BCUT2D eigenvalue weighted by Crippen LogP contribution is -2.60. The molecule has 0 radical (unpaired) electrons. The van der Waals surface area contributed by atoms with E-state index < -0.39 is 0 Å². The van der Waals surface area contributed by atoms with Gasteiger partial charge in [0.15, 0.2) is 0 Å². The zero-order valence-electron chi connectivity index (χ0n) is 11.9. The number of carbonyl (C=O) groups is 2. The van der Waals surface area contributed by atoms with Crippen LogP contribution in [0.15, 0.2) is 0 Å². The Morgan fingerprint density at radius 3 is 2.67 bits per heavy atom. The van der Waals surface area contributed by atoms with Crippen molar-refractivity contribution in [2.45, 2.75) is 32.7 Å². The Hall–Kier alpha value is -1.10. The maximum Gasteiger partial charge on any atom is 0.246 e. The lowest BCUT2D eigenvalue weighted by molar-refractivity contribution is -0.147. The molecule has 1 N–H and O–H groups in total. The molecule has 0 aromatic carbocycles. The minimum Gasteiger partial charge on any atom is -0.347 e. The molecule has 1 rings (SSSR count). The highest BCUT2D eigenvalue weighted by Crippen LogP contribution is 2.14. The van der Waals surface area contributed by atoms with Crippen LogP contribution in [-0.4, -0.2) is 61.4 Å². The quantitative estimate of drug-likeness (QED) is 0.786. The Bertz CT molecular complexity index is 305. The molecule has 1 aliphatic rings. The summed E-state index contributed by atoms with van der Waals surface area (Å²) in [4.78, 5) is 27.7. The highest BCUT2D eigenvalue weighted by molar-refractivity contribution is 5.88. The Morgan fingerprint density at radius 1 is 1.44 bits per heavy atom. The summed E-state index contributed by atoms with van der Waals surface area (Å²) in [7, 11) is 3.46. The van der Waals surface area contributed by atoms with Gasteiger partial charge >= 0.3 is 0 Å². The molecule has 5 heteroatoms. The lowest BCUT2D eigenvalue weighted by atomic mass is 10.0. The average Bonchev–Trinajstić information content (AvgIpc) is 2.37. The third-order valence-electron chi connectivity index (χ3n) is 3.40. The van der Waals surface area contributed by atoms with E-state index in [-0.39, 0.29) is 23.8 Å². The summed E-state index contributed by atoms with van der Waals surface area (Å²) < 4.78 is 0. The molecule has 2 unspecified atom stereocenters. The van der Waals surface area contributed by atoms with Gasteiger partial charge in [-0.3, -0.25) is 9.59 Å². The Balaban J connectivity index is 2.76. The Kier molecular flexibility index (Phi) is 5.59. The van der Waals surface area contributed by atoms with Crippen LogP contribution in [0.5, 0.6) is 0 Å². The fraction of sp³-hybridized carbons (Fsp3) is 0.846. The number of nitrogens with one attached hydrogen (secondary N) is 1. The third kappa shape index (κ3) is 3.45. The van der Waals surface area contributed by atoms with Crippen LogP contribution >= 0.6 is 0 Å². The number of amides is 2. The third-order valence-corrected chi connectivity index (χ3v) is 3.40. The Morgan fingerprint density at radius 2 is 2.11 bits per heavy atom. The smallest absolute Gasteiger partial charge is 0.246 e. The minimum atomic E-state index is -0.347. The van der Waals surface area contributed by atoms with Gasteiger partial charge in [0.1, 0.15) is 6.04 Å². The van der Waals surface area contributed by atoms with Gasteiger partial charge in [-0.1, -0.05) is 20.3 Å². The second-order valence-corrected chi connectivity index (χ2v) is 5.17. The van der Waals surface area contributed by atoms with Crippen molar-refractivity contribution in [1.82, 2.24) is 15.1 Å². The minimum absolute atomic E-state index is 0.000696. The number of piperazine rings is 1. The van der Waals surface area contributed by atoms with E-state index in [9.17, 15) is 9.59 Å². The topological polar surface area (TPSA) is 52.7 Å². The second kappa shape index (κ2) is 6.73. The average molecular weight is 255 g/mol. The van der Waals surface area contributed by atoms with Crippen molar-refractivity contribution < 1.29 is 9.59 Å². The van der Waals surface area contributed by atoms with Gasteiger partial charge in [0.25, 0.3) is 0 Å². The fourth-order valence-corrected chi connectivity index (χ4v) is 2.33. The van der Waals surface area contributed by atoms with Crippen LogP contribution in [-0.2, 0) is 9.59 Å². The molecule has 1 heterocycles. The molecule has 2 atom stereocenters. The molecule has 0 bridgehead atoms.